The molecule has 6 heteroatoms. The van der Waals surface area contributed by atoms with E-state index < -0.39 is 5.97 Å². The van der Waals surface area contributed by atoms with Crippen molar-refractivity contribution in [1.29, 1.82) is 0 Å². The van der Waals surface area contributed by atoms with Gasteiger partial charge in [0.2, 0.25) is 5.88 Å². The van der Waals surface area contributed by atoms with Crippen molar-refractivity contribution in [2.24, 2.45) is 0 Å². The Morgan fingerprint density at radius 1 is 1.00 bits per heavy atom. The third-order valence-corrected chi connectivity index (χ3v) is 3.37. The second kappa shape index (κ2) is 9.02. The van der Waals surface area contributed by atoms with Crippen molar-refractivity contribution in [3.05, 3.63) is 78.2 Å². The van der Waals surface area contributed by atoms with E-state index in [9.17, 15) is 4.79 Å². The minimum absolute atomic E-state index is 0.0556. The van der Waals surface area contributed by atoms with Gasteiger partial charge < -0.3 is 14.2 Å². The molecule has 0 saturated heterocycles. The fourth-order valence-electron chi connectivity index (χ4n) is 2.09. The number of benzene rings is 2. The van der Waals surface area contributed by atoms with E-state index in [4.69, 9.17) is 14.2 Å². The number of methoxy groups -OCH3 is 1. The van der Waals surface area contributed by atoms with Crippen LogP contribution in [0, 0.1) is 11.8 Å². The molecule has 2 aromatic carbocycles. The molecule has 3 aromatic rings. The number of rotatable bonds is 5. The summed E-state index contributed by atoms with van der Waals surface area (Å²) < 4.78 is 15.7. The van der Waals surface area contributed by atoms with Crippen molar-refractivity contribution in [3.63, 3.8) is 0 Å². The van der Waals surface area contributed by atoms with Crippen molar-refractivity contribution in [2.75, 3.05) is 13.7 Å². The minimum atomic E-state index is -0.609. The SMILES string of the molecule is COc1cncc(C(=O)OCC#Cc2ccc(Oc3ccccc3)cc2)n1. The first-order valence-corrected chi connectivity index (χ1v) is 8.09. The molecule has 0 atom stereocenters. The molecular formula is C21H16N2O4. The number of para-hydroxylation sites is 1. The van der Waals surface area contributed by atoms with Gasteiger partial charge >= 0.3 is 5.97 Å². The monoisotopic (exact) mass is 360 g/mol. The Morgan fingerprint density at radius 2 is 1.74 bits per heavy atom. The summed E-state index contributed by atoms with van der Waals surface area (Å²) in [5.41, 5.74) is 0.853. The minimum Gasteiger partial charge on any atom is -0.480 e. The first-order valence-electron chi connectivity index (χ1n) is 8.09. The van der Waals surface area contributed by atoms with Crippen molar-refractivity contribution < 1.29 is 19.0 Å². The number of carbonyl (C=O) groups excluding carboxylic acids is 1. The van der Waals surface area contributed by atoms with Crippen LogP contribution in [0.2, 0.25) is 0 Å². The molecular weight excluding hydrogens is 344 g/mol. The van der Waals surface area contributed by atoms with Crippen LogP contribution in [0.4, 0.5) is 0 Å². The predicted octanol–water partition coefficient (Wildman–Crippen LogP) is 3.49. The third-order valence-electron chi connectivity index (χ3n) is 3.37. The first kappa shape index (κ1) is 18.0. The average Bonchev–Trinajstić information content (AvgIpc) is 2.73. The van der Waals surface area contributed by atoms with E-state index in [1.807, 2.05) is 54.6 Å². The fraction of sp³-hybridized carbons (Fsp3) is 0.0952. The summed E-state index contributed by atoms with van der Waals surface area (Å²) in [4.78, 5) is 19.7. The summed E-state index contributed by atoms with van der Waals surface area (Å²) >= 11 is 0. The molecule has 3 rings (SSSR count). The highest BCUT2D eigenvalue weighted by Crippen LogP contribution is 2.20. The van der Waals surface area contributed by atoms with Gasteiger partial charge in [-0.3, -0.25) is 4.98 Å². The second-order valence-corrected chi connectivity index (χ2v) is 5.26. The number of aromatic nitrogens is 2. The summed E-state index contributed by atoms with van der Waals surface area (Å²) in [5, 5.41) is 0. The highest BCUT2D eigenvalue weighted by Gasteiger charge is 2.09. The van der Waals surface area contributed by atoms with Gasteiger partial charge in [0.25, 0.3) is 0 Å². The molecule has 0 spiro atoms. The molecule has 0 bridgehead atoms. The Balaban J connectivity index is 1.52. The number of carbonyl (C=O) groups is 1. The van der Waals surface area contributed by atoms with Crippen LogP contribution in [-0.2, 0) is 4.74 Å². The van der Waals surface area contributed by atoms with Gasteiger partial charge in [-0.25, -0.2) is 9.78 Å². The standard InChI is InChI=1S/C21H16N2O4/c1-25-20-15-22-14-19(23-20)21(24)26-13-5-6-16-9-11-18(12-10-16)27-17-7-3-2-4-8-17/h2-4,7-12,14-15H,13H2,1H3. The molecule has 134 valence electrons. The fourth-order valence-corrected chi connectivity index (χ4v) is 2.09. The zero-order chi connectivity index (χ0) is 18.9. The topological polar surface area (TPSA) is 70.5 Å². The van der Waals surface area contributed by atoms with Crippen molar-refractivity contribution in [3.8, 4) is 29.2 Å². The molecule has 6 nitrogen and oxygen atoms in total. The van der Waals surface area contributed by atoms with Crippen LogP contribution < -0.4 is 9.47 Å². The van der Waals surface area contributed by atoms with Crippen molar-refractivity contribution >= 4 is 5.97 Å². The summed E-state index contributed by atoms with van der Waals surface area (Å²) in [6.07, 6.45) is 2.71. The van der Waals surface area contributed by atoms with Crippen LogP contribution in [0.1, 0.15) is 16.1 Å². The quantitative estimate of drug-likeness (QED) is 0.512. The number of ether oxygens (including phenoxy) is 3. The lowest BCUT2D eigenvalue weighted by atomic mass is 10.2. The Bertz CT molecular complexity index is 961. The molecule has 0 saturated carbocycles. The molecule has 0 fully saturated rings. The van der Waals surface area contributed by atoms with Gasteiger partial charge in [-0.1, -0.05) is 30.0 Å². The van der Waals surface area contributed by atoms with Gasteiger partial charge in [-0.15, -0.1) is 0 Å². The predicted molar refractivity (Wildman–Crippen MR) is 98.7 cm³/mol. The maximum atomic E-state index is 11.9. The lowest BCUT2D eigenvalue weighted by molar-refractivity contribution is 0.0548. The number of hydrogen-bond donors (Lipinski definition) is 0. The number of esters is 1. The molecule has 0 aliphatic carbocycles. The van der Waals surface area contributed by atoms with E-state index in [2.05, 4.69) is 21.8 Å². The molecule has 0 aliphatic heterocycles. The molecule has 1 heterocycles. The molecule has 0 unspecified atom stereocenters. The van der Waals surface area contributed by atoms with E-state index in [0.29, 0.717) is 0 Å². The largest absolute Gasteiger partial charge is 0.480 e. The van der Waals surface area contributed by atoms with Crippen LogP contribution in [0.25, 0.3) is 0 Å². The van der Waals surface area contributed by atoms with E-state index in [0.717, 1.165) is 17.1 Å². The Labute approximate surface area is 156 Å². The van der Waals surface area contributed by atoms with Crippen molar-refractivity contribution in [1.82, 2.24) is 9.97 Å². The van der Waals surface area contributed by atoms with Crippen molar-refractivity contribution in [2.45, 2.75) is 0 Å². The van der Waals surface area contributed by atoms with Gasteiger partial charge in [-0.05, 0) is 36.4 Å². The van der Waals surface area contributed by atoms with Gasteiger partial charge in [0, 0.05) is 5.56 Å². The molecule has 0 amide bonds. The molecule has 0 radical (unpaired) electrons. The van der Waals surface area contributed by atoms with Gasteiger partial charge in [0.15, 0.2) is 12.3 Å². The van der Waals surface area contributed by atoms with Crippen LogP contribution in [-0.4, -0.2) is 29.7 Å². The number of hydrogen-bond acceptors (Lipinski definition) is 6. The van der Waals surface area contributed by atoms with Crippen LogP contribution in [0.5, 0.6) is 17.4 Å². The molecule has 27 heavy (non-hydrogen) atoms. The normalized spacial score (nSPS) is 9.67. The molecule has 0 aliphatic rings. The highest BCUT2D eigenvalue weighted by molar-refractivity contribution is 5.87. The molecule has 0 N–H and O–H groups in total. The zero-order valence-electron chi connectivity index (χ0n) is 14.6. The summed E-state index contributed by atoms with van der Waals surface area (Å²) in [6.45, 7) is -0.0556. The van der Waals surface area contributed by atoms with E-state index in [-0.39, 0.29) is 18.2 Å². The van der Waals surface area contributed by atoms with E-state index >= 15 is 0 Å². The van der Waals surface area contributed by atoms with Gasteiger partial charge in [-0.2, -0.15) is 0 Å². The molecule has 1 aromatic heterocycles. The van der Waals surface area contributed by atoms with E-state index in [1.165, 1.54) is 19.5 Å². The average molecular weight is 360 g/mol. The smallest absolute Gasteiger partial charge is 0.359 e. The van der Waals surface area contributed by atoms with E-state index in [1.54, 1.807) is 0 Å². The lowest BCUT2D eigenvalue weighted by Gasteiger charge is -2.04. The summed E-state index contributed by atoms with van der Waals surface area (Å²) in [5.74, 6) is 6.83. The number of nitrogens with zero attached hydrogens (tertiary/aromatic N) is 2. The second-order valence-electron chi connectivity index (χ2n) is 5.26. The summed E-state index contributed by atoms with van der Waals surface area (Å²) in [6, 6.07) is 16.8. The van der Waals surface area contributed by atoms with Crippen LogP contribution in [0.15, 0.2) is 67.0 Å². The summed E-state index contributed by atoms with van der Waals surface area (Å²) in [7, 11) is 1.45. The highest BCUT2D eigenvalue weighted by atomic mass is 16.5. The Kier molecular flexibility index (Phi) is 6.00. The maximum absolute atomic E-state index is 11.9. The lowest BCUT2D eigenvalue weighted by Crippen LogP contribution is -2.08. The Morgan fingerprint density at radius 3 is 2.48 bits per heavy atom. The third kappa shape index (κ3) is 5.31. The van der Waals surface area contributed by atoms with Gasteiger partial charge in [0.05, 0.1) is 19.5 Å². The first-order chi connectivity index (χ1) is 13.2. The zero-order valence-corrected chi connectivity index (χ0v) is 14.6. The Hall–Kier alpha value is -3.85. The van der Waals surface area contributed by atoms with Crippen LogP contribution >= 0.6 is 0 Å². The van der Waals surface area contributed by atoms with Gasteiger partial charge in [0.1, 0.15) is 11.5 Å². The maximum Gasteiger partial charge on any atom is 0.359 e. The van der Waals surface area contributed by atoms with Crippen LogP contribution in [0.3, 0.4) is 0 Å².